The maximum absolute atomic E-state index is 13.0. The van der Waals surface area contributed by atoms with E-state index >= 15 is 0 Å². The van der Waals surface area contributed by atoms with Gasteiger partial charge in [-0.05, 0) is 37.5 Å². The molecule has 0 aliphatic rings. The van der Waals surface area contributed by atoms with E-state index in [0.717, 1.165) is 0 Å². The van der Waals surface area contributed by atoms with Gasteiger partial charge in [-0.25, -0.2) is 4.79 Å². The van der Waals surface area contributed by atoms with E-state index in [-0.39, 0.29) is 44.1 Å². The number of aliphatic carboxylic acids is 1. The quantitative estimate of drug-likeness (QED) is 0.0598. The molecule has 0 rings (SSSR count). The number of carbonyl (C=O) groups is 5. The predicted octanol–water partition coefficient (Wildman–Crippen LogP) is -2.13. The van der Waals surface area contributed by atoms with Gasteiger partial charge in [0.2, 0.25) is 23.6 Å². The second-order valence-corrected chi connectivity index (χ2v) is 9.38. The molecule has 4 atom stereocenters. The van der Waals surface area contributed by atoms with Crippen LogP contribution in [0.2, 0.25) is 0 Å². The van der Waals surface area contributed by atoms with E-state index < -0.39 is 59.7 Å². The minimum atomic E-state index is -1.20. The summed E-state index contributed by atoms with van der Waals surface area (Å²) in [6, 6.07) is -4.39. The molecule has 14 nitrogen and oxygen atoms in total. The van der Waals surface area contributed by atoms with Crippen molar-refractivity contribution in [1.29, 1.82) is 0 Å². The number of primary amides is 1. The van der Waals surface area contributed by atoms with Gasteiger partial charge in [0.1, 0.15) is 18.1 Å². The van der Waals surface area contributed by atoms with Gasteiger partial charge in [-0.1, -0.05) is 27.7 Å². The van der Waals surface area contributed by atoms with Gasteiger partial charge in [-0.2, -0.15) is 0 Å². The summed E-state index contributed by atoms with van der Waals surface area (Å²) < 4.78 is 0. The fourth-order valence-corrected chi connectivity index (χ4v) is 3.23. The number of rotatable bonds is 17. The van der Waals surface area contributed by atoms with Crippen LogP contribution in [-0.2, 0) is 24.0 Å². The first-order valence-electron chi connectivity index (χ1n) is 11.9. The molecule has 0 aliphatic heterocycles. The molecule has 0 heterocycles. The summed E-state index contributed by atoms with van der Waals surface area (Å²) in [5, 5.41) is 16.9. The number of nitrogens with zero attached hydrogens (tertiary/aromatic N) is 1. The Morgan fingerprint density at radius 1 is 0.833 bits per heavy atom. The fourth-order valence-electron chi connectivity index (χ4n) is 3.23. The van der Waals surface area contributed by atoms with Gasteiger partial charge < -0.3 is 44.0 Å². The molecule has 0 saturated carbocycles. The van der Waals surface area contributed by atoms with Crippen LogP contribution in [0.25, 0.3) is 0 Å². The molecule has 0 aromatic heterocycles. The average molecular weight is 515 g/mol. The molecule has 0 aromatic carbocycles. The molecule has 0 bridgehead atoms. The third kappa shape index (κ3) is 13.5. The van der Waals surface area contributed by atoms with Crippen LogP contribution in [0.5, 0.6) is 0 Å². The number of hydrogen-bond donors (Lipinski definition) is 8. The summed E-state index contributed by atoms with van der Waals surface area (Å²) >= 11 is 0. The average Bonchev–Trinajstić information content (AvgIpc) is 2.75. The first-order chi connectivity index (χ1) is 16.6. The van der Waals surface area contributed by atoms with Crippen molar-refractivity contribution in [1.82, 2.24) is 16.0 Å². The molecule has 36 heavy (non-hydrogen) atoms. The third-order valence-electron chi connectivity index (χ3n) is 5.19. The van der Waals surface area contributed by atoms with Crippen molar-refractivity contribution in [3.63, 3.8) is 0 Å². The summed E-state index contributed by atoms with van der Waals surface area (Å²) in [6.45, 7) is 7.22. The molecule has 4 unspecified atom stereocenters. The molecule has 0 aliphatic carbocycles. The molecule has 14 heteroatoms. The Hall–Kier alpha value is -3.42. The highest BCUT2D eigenvalue weighted by Crippen LogP contribution is 2.09. The monoisotopic (exact) mass is 514 g/mol. The standard InChI is InChI=1S/C22H42N8O6/c1-11(2)10-15(20(34)30-17(12(3)4)21(35)36)29-19(33)14(7-8-16(24)31)28-18(32)13(23)6-5-9-27-22(25)26/h11-15,17H,5-10,23H2,1-4H3,(H2,24,31)(H,28,32)(H,29,33)(H,30,34)(H,35,36)(H4,25,26,27). The zero-order chi connectivity index (χ0) is 28.0. The second-order valence-electron chi connectivity index (χ2n) is 9.38. The lowest BCUT2D eigenvalue weighted by Crippen LogP contribution is -2.58. The number of nitrogens with one attached hydrogen (secondary N) is 3. The van der Waals surface area contributed by atoms with Crippen molar-refractivity contribution in [3.05, 3.63) is 0 Å². The van der Waals surface area contributed by atoms with Crippen LogP contribution in [0.3, 0.4) is 0 Å². The zero-order valence-electron chi connectivity index (χ0n) is 21.5. The van der Waals surface area contributed by atoms with Crippen LogP contribution in [-0.4, -0.2) is 71.4 Å². The third-order valence-corrected chi connectivity index (χ3v) is 5.19. The van der Waals surface area contributed by atoms with Gasteiger partial charge in [0.05, 0.1) is 6.04 Å². The van der Waals surface area contributed by atoms with E-state index in [9.17, 15) is 29.1 Å². The summed E-state index contributed by atoms with van der Waals surface area (Å²) in [7, 11) is 0. The second kappa shape index (κ2) is 16.3. The van der Waals surface area contributed by atoms with Crippen molar-refractivity contribution in [2.75, 3.05) is 6.54 Å². The van der Waals surface area contributed by atoms with Gasteiger partial charge in [0.25, 0.3) is 0 Å². The van der Waals surface area contributed by atoms with Crippen LogP contribution < -0.4 is 38.9 Å². The van der Waals surface area contributed by atoms with E-state index in [1.807, 2.05) is 13.8 Å². The smallest absolute Gasteiger partial charge is 0.326 e. The van der Waals surface area contributed by atoms with Crippen molar-refractivity contribution >= 4 is 35.6 Å². The molecular formula is C22H42N8O6. The van der Waals surface area contributed by atoms with E-state index in [1.54, 1.807) is 13.8 Å². The highest BCUT2D eigenvalue weighted by atomic mass is 16.4. The molecule has 4 amide bonds. The van der Waals surface area contributed by atoms with E-state index in [1.165, 1.54) is 0 Å². The van der Waals surface area contributed by atoms with E-state index in [4.69, 9.17) is 22.9 Å². The number of aliphatic imine (C=N–C) groups is 1. The normalized spacial score (nSPS) is 14.3. The Morgan fingerprint density at radius 2 is 1.39 bits per heavy atom. The van der Waals surface area contributed by atoms with Gasteiger partial charge in [0, 0.05) is 13.0 Å². The van der Waals surface area contributed by atoms with Crippen LogP contribution in [0.1, 0.15) is 59.8 Å². The minimum absolute atomic E-state index is 0.0272. The lowest BCUT2D eigenvalue weighted by molar-refractivity contribution is -0.143. The first kappa shape index (κ1) is 32.6. The number of carboxylic acids is 1. The number of nitrogens with two attached hydrogens (primary N) is 4. The van der Waals surface area contributed by atoms with Gasteiger partial charge in [-0.15, -0.1) is 0 Å². The number of hydrogen-bond acceptors (Lipinski definition) is 7. The maximum atomic E-state index is 13.0. The van der Waals surface area contributed by atoms with E-state index in [2.05, 4.69) is 20.9 Å². The number of guanidine groups is 1. The summed E-state index contributed by atoms with van der Waals surface area (Å²) in [4.78, 5) is 65.0. The van der Waals surface area contributed by atoms with Crippen molar-refractivity contribution in [2.24, 2.45) is 39.8 Å². The Kier molecular flexibility index (Phi) is 14.7. The van der Waals surface area contributed by atoms with Crippen LogP contribution in [0.15, 0.2) is 4.99 Å². The first-order valence-corrected chi connectivity index (χ1v) is 11.9. The van der Waals surface area contributed by atoms with Crippen molar-refractivity contribution in [3.8, 4) is 0 Å². The lowest BCUT2D eigenvalue weighted by Gasteiger charge is -2.26. The highest BCUT2D eigenvalue weighted by Gasteiger charge is 2.31. The topological polar surface area (TPSA) is 258 Å². The molecule has 0 aromatic rings. The fraction of sp³-hybridized carbons (Fsp3) is 0.727. The van der Waals surface area contributed by atoms with Gasteiger partial charge in [0.15, 0.2) is 5.96 Å². The number of carboxylic acid groups (broad SMARTS) is 1. The molecule has 12 N–H and O–H groups in total. The Morgan fingerprint density at radius 3 is 1.86 bits per heavy atom. The number of carbonyl (C=O) groups excluding carboxylic acids is 4. The maximum Gasteiger partial charge on any atom is 0.326 e. The molecule has 0 saturated heterocycles. The van der Waals surface area contributed by atoms with Gasteiger partial charge in [-0.3, -0.25) is 24.2 Å². The lowest BCUT2D eigenvalue weighted by atomic mass is 9.99. The van der Waals surface area contributed by atoms with Crippen molar-refractivity contribution in [2.45, 2.75) is 84.0 Å². The summed E-state index contributed by atoms with van der Waals surface area (Å²) in [5.41, 5.74) is 21.6. The Bertz CT molecular complexity index is 797. The van der Waals surface area contributed by atoms with Crippen LogP contribution in [0.4, 0.5) is 0 Å². The largest absolute Gasteiger partial charge is 0.480 e. The number of amides is 4. The SMILES string of the molecule is CC(C)CC(NC(=O)C(CCC(N)=O)NC(=O)C(N)CCCN=C(N)N)C(=O)NC(C(=O)O)C(C)C. The molecular weight excluding hydrogens is 472 g/mol. The molecule has 0 fully saturated rings. The molecule has 0 radical (unpaired) electrons. The highest BCUT2D eigenvalue weighted by molar-refractivity contribution is 5.94. The predicted molar refractivity (Wildman–Crippen MR) is 134 cm³/mol. The Balaban J connectivity index is 5.47. The van der Waals surface area contributed by atoms with Crippen LogP contribution in [0, 0.1) is 11.8 Å². The molecule has 0 spiro atoms. The van der Waals surface area contributed by atoms with E-state index in [0.29, 0.717) is 6.42 Å². The van der Waals surface area contributed by atoms with Gasteiger partial charge >= 0.3 is 5.97 Å². The molecule has 206 valence electrons. The minimum Gasteiger partial charge on any atom is -0.480 e. The van der Waals surface area contributed by atoms with Crippen LogP contribution >= 0.6 is 0 Å². The van der Waals surface area contributed by atoms with Crippen molar-refractivity contribution < 1.29 is 29.1 Å². The summed E-state index contributed by atoms with van der Waals surface area (Å²) in [5.74, 6) is -4.42. The Labute approximate surface area is 211 Å². The summed E-state index contributed by atoms with van der Waals surface area (Å²) in [6.07, 6.45) is 0.544. The zero-order valence-corrected chi connectivity index (χ0v) is 21.5.